The third-order valence-electron chi connectivity index (χ3n) is 2.87. The average Bonchev–Trinajstić information content (AvgIpc) is 2.60. The number of carbonyl (C=O) groups excluding carboxylic acids is 2. The number of rotatable bonds is 3. The molecule has 4 heteroatoms. The Morgan fingerprint density at radius 1 is 1.50 bits per heavy atom. The minimum atomic E-state index is -0.482. The highest BCUT2D eigenvalue weighted by molar-refractivity contribution is 5.76. The number of benzene rings is 1. The number of primary amides is 1. The van der Waals surface area contributed by atoms with Gasteiger partial charge in [-0.25, -0.2) is 4.39 Å². The van der Waals surface area contributed by atoms with E-state index >= 15 is 0 Å². The molecule has 0 spiro atoms. The Kier molecular flexibility index (Phi) is 2.73. The summed E-state index contributed by atoms with van der Waals surface area (Å²) in [5, 5.41) is 0. The first kappa shape index (κ1) is 10.8. The van der Waals surface area contributed by atoms with Crippen LogP contribution in [0, 0.1) is 11.7 Å². The molecule has 0 heterocycles. The zero-order valence-corrected chi connectivity index (χ0v) is 8.70. The lowest BCUT2D eigenvalue weighted by atomic mass is 10.0. The van der Waals surface area contributed by atoms with Gasteiger partial charge in [0.15, 0.2) is 0 Å². The first-order chi connectivity index (χ1) is 7.60. The van der Waals surface area contributed by atoms with Crippen LogP contribution in [0.2, 0.25) is 0 Å². The fourth-order valence-electron chi connectivity index (χ4n) is 2.18. The van der Waals surface area contributed by atoms with Crippen molar-refractivity contribution >= 4 is 12.2 Å². The maximum Gasteiger partial charge on any atom is 0.221 e. The summed E-state index contributed by atoms with van der Waals surface area (Å²) in [5.41, 5.74) is 7.06. The van der Waals surface area contributed by atoms with E-state index in [1.165, 1.54) is 6.07 Å². The van der Waals surface area contributed by atoms with Crippen molar-refractivity contribution < 1.29 is 14.0 Å². The van der Waals surface area contributed by atoms with Crippen molar-refractivity contribution in [2.75, 3.05) is 0 Å². The summed E-state index contributed by atoms with van der Waals surface area (Å²) >= 11 is 0. The first-order valence-corrected chi connectivity index (χ1v) is 5.14. The molecule has 1 amide bonds. The number of fused-ring (bicyclic) bond motifs is 1. The smallest absolute Gasteiger partial charge is 0.221 e. The molecule has 1 aliphatic rings. The molecule has 2 N–H and O–H groups in total. The second kappa shape index (κ2) is 4.04. The summed E-state index contributed by atoms with van der Waals surface area (Å²) < 4.78 is 13.6. The molecule has 1 atom stereocenters. The lowest BCUT2D eigenvalue weighted by molar-refractivity contribution is -0.117. The maximum atomic E-state index is 13.6. The van der Waals surface area contributed by atoms with E-state index in [-0.39, 0.29) is 18.2 Å². The molecular formula is C12H12FNO2. The summed E-state index contributed by atoms with van der Waals surface area (Å²) in [6.45, 7) is 0. The van der Waals surface area contributed by atoms with Crippen molar-refractivity contribution in [2.45, 2.75) is 19.3 Å². The van der Waals surface area contributed by atoms with Gasteiger partial charge in [0.05, 0.1) is 6.42 Å². The molecule has 0 aromatic heterocycles. The Morgan fingerprint density at radius 3 is 2.88 bits per heavy atom. The molecule has 0 radical (unpaired) electrons. The zero-order valence-electron chi connectivity index (χ0n) is 8.70. The summed E-state index contributed by atoms with van der Waals surface area (Å²) in [7, 11) is 0. The SMILES string of the molecule is NC(=O)Cc1cc(F)c2c(c1)CC(C=O)C2. The largest absolute Gasteiger partial charge is 0.369 e. The summed E-state index contributed by atoms with van der Waals surface area (Å²) in [4.78, 5) is 21.4. The lowest BCUT2D eigenvalue weighted by Gasteiger charge is -2.04. The van der Waals surface area contributed by atoms with Crippen molar-refractivity contribution in [1.29, 1.82) is 0 Å². The van der Waals surface area contributed by atoms with E-state index in [2.05, 4.69) is 0 Å². The second-order valence-electron chi connectivity index (χ2n) is 4.16. The third kappa shape index (κ3) is 1.96. The molecule has 84 valence electrons. The highest BCUT2D eigenvalue weighted by atomic mass is 19.1. The number of amides is 1. The molecule has 0 aliphatic heterocycles. The Labute approximate surface area is 92.4 Å². The number of nitrogens with two attached hydrogens (primary N) is 1. The van der Waals surface area contributed by atoms with E-state index < -0.39 is 5.91 Å². The minimum absolute atomic E-state index is 0.0377. The van der Waals surface area contributed by atoms with Crippen LogP contribution in [-0.2, 0) is 28.9 Å². The van der Waals surface area contributed by atoms with E-state index in [4.69, 9.17) is 5.73 Å². The number of aldehydes is 1. The Hall–Kier alpha value is -1.71. The van der Waals surface area contributed by atoms with E-state index in [0.717, 1.165) is 11.8 Å². The van der Waals surface area contributed by atoms with Crippen molar-refractivity contribution in [3.8, 4) is 0 Å². The van der Waals surface area contributed by atoms with Crippen LogP contribution in [0.15, 0.2) is 12.1 Å². The van der Waals surface area contributed by atoms with Crippen LogP contribution in [0.5, 0.6) is 0 Å². The fourth-order valence-corrected chi connectivity index (χ4v) is 2.18. The van der Waals surface area contributed by atoms with Gasteiger partial charge in [0.1, 0.15) is 12.1 Å². The van der Waals surface area contributed by atoms with Gasteiger partial charge in [0.25, 0.3) is 0 Å². The molecule has 0 fully saturated rings. The van der Waals surface area contributed by atoms with Gasteiger partial charge < -0.3 is 10.5 Å². The predicted octanol–water partition coefficient (Wildman–Crippen LogP) is 0.767. The zero-order chi connectivity index (χ0) is 11.7. The molecule has 16 heavy (non-hydrogen) atoms. The molecule has 0 saturated heterocycles. The molecule has 2 rings (SSSR count). The van der Waals surface area contributed by atoms with Crippen LogP contribution in [0.3, 0.4) is 0 Å². The highest BCUT2D eigenvalue weighted by Gasteiger charge is 2.24. The van der Waals surface area contributed by atoms with Crippen LogP contribution >= 0.6 is 0 Å². The van der Waals surface area contributed by atoms with Crippen LogP contribution < -0.4 is 5.73 Å². The van der Waals surface area contributed by atoms with Gasteiger partial charge in [-0.1, -0.05) is 6.07 Å². The summed E-state index contributed by atoms with van der Waals surface area (Å²) in [6, 6.07) is 3.10. The van der Waals surface area contributed by atoms with Crippen LogP contribution in [0.4, 0.5) is 4.39 Å². The number of carbonyl (C=O) groups is 2. The van der Waals surface area contributed by atoms with Crippen LogP contribution in [0.25, 0.3) is 0 Å². The molecule has 3 nitrogen and oxygen atoms in total. The summed E-state index contributed by atoms with van der Waals surface area (Å²) in [6.07, 6.45) is 1.91. The van der Waals surface area contributed by atoms with Gasteiger partial charge in [0.2, 0.25) is 5.91 Å². The van der Waals surface area contributed by atoms with Gasteiger partial charge in [0, 0.05) is 5.92 Å². The normalized spacial score (nSPS) is 18.2. The molecule has 1 aromatic rings. The topological polar surface area (TPSA) is 60.2 Å². The number of hydrogen-bond donors (Lipinski definition) is 1. The Balaban J connectivity index is 2.33. The molecule has 1 aliphatic carbocycles. The van der Waals surface area contributed by atoms with E-state index in [1.807, 2.05) is 0 Å². The van der Waals surface area contributed by atoms with E-state index in [9.17, 15) is 14.0 Å². The van der Waals surface area contributed by atoms with Gasteiger partial charge in [-0.2, -0.15) is 0 Å². The first-order valence-electron chi connectivity index (χ1n) is 5.14. The predicted molar refractivity (Wildman–Crippen MR) is 56.3 cm³/mol. The summed E-state index contributed by atoms with van der Waals surface area (Å²) in [5.74, 6) is -0.948. The number of hydrogen-bond acceptors (Lipinski definition) is 2. The molecule has 0 saturated carbocycles. The van der Waals surface area contributed by atoms with Crippen molar-refractivity contribution in [3.63, 3.8) is 0 Å². The van der Waals surface area contributed by atoms with Gasteiger partial charge >= 0.3 is 0 Å². The van der Waals surface area contributed by atoms with Crippen molar-refractivity contribution in [1.82, 2.24) is 0 Å². The molecule has 1 aromatic carbocycles. The molecule has 0 bridgehead atoms. The van der Waals surface area contributed by atoms with Crippen LogP contribution in [0.1, 0.15) is 16.7 Å². The highest BCUT2D eigenvalue weighted by Crippen LogP contribution is 2.29. The Morgan fingerprint density at radius 2 is 2.25 bits per heavy atom. The maximum absolute atomic E-state index is 13.6. The van der Waals surface area contributed by atoms with E-state index in [1.54, 1.807) is 6.07 Å². The average molecular weight is 221 g/mol. The van der Waals surface area contributed by atoms with Gasteiger partial charge in [-0.3, -0.25) is 4.79 Å². The number of halogens is 1. The van der Waals surface area contributed by atoms with Gasteiger partial charge in [-0.05, 0) is 35.6 Å². The third-order valence-corrected chi connectivity index (χ3v) is 2.87. The monoisotopic (exact) mass is 221 g/mol. The Bertz CT molecular complexity index is 457. The minimum Gasteiger partial charge on any atom is -0.369 e. The lowest BCUT2D eigenvalue weighted by Crippen LogP contribution is -2.14. The fraction of sp³-hybridized carbons (Fsp3) is 0.333. The molecular weight excluding hydrogens is 209 g/mol. The van der Waals surface area contributed by atoms with Crippen molar-refractivity contribution in [3.05, 3.63) is 34.6 Å². The van der Waals surface area contributed by atoms with Crippen molar-refractivity contribution in [2.24, 2.45) is 11.7 Å². The van der Waals surface area contributed by atoms with Gasteiger partial charge in [-0.15, -0.1) is 0 Å². The van der Waals surface area contributed by atoms with E-state index in [0.29, 0.717) is 24.0 Å². The quantitative estimate of drug-likeness (QED) is 0.766. The standard InChI is InChI=1S/C12H12FNO2/c13-11-4-7(5-12(14)16)1-9-2-8(6-15)3-10(9)11/h1,4,6,8H,2-3,5H2,(H2,14,16). The van der Waals surface area contributed by atoms with Crippen LogP contribution in [-0.4, -0.2) is 12.2 Å². The second-order valence-corrected chi connectivity index (χ2v) is 4.16. The molecule has 1 unspecified atom stereocenters.